The highest BCUT2D eigenvalue weighted by molar-refractivity contribution is 8.01. The van der Waals surface area contributed by atoms with Gasteiger partial charge in [-0.15, -0.1) is 10.2 Å². The van der Waals surface area contributed by atoms with E-state index in [1.165, 1.54) is 35.8 Å². The molecule has 1 amide bonds. The van der Waals surface area contributed by atoms with E-state index in [0.717, 1.165) is 11.3 Å². The number of thioether (sulfide) groups is 1. The number of anilines is 2. The Bertz CT molecular complexity index is 977. The standard InChI is InChI=1S/C21H22N4O3S2/c1-14-8-10-16(11-9-14)22-20-24-25-21(30-20)29-13-18(26)23-17(19(27)28-2)12-15-6-4-3-5-7-15/h3-11,17H,12-13H2,1-2H3,(H,22,24)(H,23,26)/t17-/m1/s1. The second-order valence-electron chi connectivity index (χ2n) is 6.49. The fourth-order valence-electron chi connectivity index (χ4n) is 2.63. The van der Waals surface area contributed by atoms with Gasteiger partial charge in [0.05, 0.1) is 12.9 Å². The number of carbonyl (C=O) groups excluding carboxylic acids is 2. The summed E-state index contributed by atoms with van der Waals surface area (Å²) in [6, 6.07) is 16.7. The van der Waals surface area contributed by atoms with Crippen LogP contribution in [0.25, 0.3) is 0 Å². The van der Waals surface area contributed by atoms with Crippen LogP contribution in [0.2, 0.25) is 0 Å². The zero-order valence-electron chi connectivity index (χ0n) is 16.6. The normalized spacial score (nSPS) is 11.5. The summed E-state index contributed by atoms with van der Waals surface area (Å²) in [7, 11) is 1.31. The van der Waals surface area contributed by atoms with E-state index in [1.807, 2.05) is 61.5 Å². The Hall–Kier alpha value is -2.91. The van der Waals surface area contributed by atoms with E-state index in [0.29, 0.717) is 15.9 Å². The minimum absolute atomic E-state index is 0.126. The van der Waals surface area contributed by atoms with Crippen LogP contribution in [0.4, 0.5) is 10.8 Å². The molecule has 1 atom stereocenters. The van der Waals surface area contributed by atoms with Gasteiger partial charge in [-0.25, -0.2) is 4.79 Å². The zero-order valence-corrected chi connectivity index (χ0v) is 18.3. The Balaban J connectivity index is 1.52. The summed E-state index contributed by atoms with van der Waals surface area (Å²) in [4.78, 5) is 24.4. The van der Waals surface area contributed by atoms with Crippen LogP contribution >= 0.6 is 23.1 Å². The van der Waals surface area contributed by atoms with E-state index >= 15 is 0 Å². The molecule has 0 aliphatic rings. The van der Waals surface area contributed by atoms with E-state index in [-0.39, 0.29) is 11.7 Å². The van der Waals surface area contributed by atoms with Crippen LogP contribution in [0, 0.1) is 6.92 Å². The molecule has 0 saturated heterocycles. The number of hydrogen-bond acceptors (Lipinski definition) is 8. The molecule has 0 radical (unpaired) electrons. The fraction of sp³-hybridized carbons (Fsp3) is 0.238. The van der Waals surface area contributed by atoms with Gasteiger partial charge in [-0.2, -0.15) is 0 Å². The summed E-state index contributed by atoms with van der Waals surface area (Å²) >= 11 is 2.63. The fourth-order valence-corrected chi connectivity index (χ4v) is 4.21. The maximum Gasteiger partial charge on any atom is 0.328 e. The predicted octanol–water partition coefficient (Wildman–Crippen LogP) is 3.58. The number of hydrogen-bond donors (Lipinski definition) is 2. The molecule has 30 heavy (non-hydrogen) atoms. The van der Waals surface area contributed by atoms with Crippen molar-refractivity contribution in [2.45, 2.75) is 23.7 Å². The van der Waals surface area contributed by atoms with Crippen molar-refractivity contribution >= 4 is 45.8 Å². The van der Waals surface area contributed by atoms with Gasteiger partial charge in [0.15, 0.2) is 4.34 Å². The molecular weight excluding hydrogens is 420 g/mol. The van der Waals surface area contributed by atoms with Crippen molar-refractivity contribution in [2.75, 3.05) is 18.2 Å². The Labute approximate surface area is 183 Å². The Morgan fingerprint density at radius 3 is 2.53 bits per heavy atom. The number of rotatable bonds is 9. The van der Waals surface area contributed by atoms with Gasteiger partial charge in [0.25, 0.3) is 0 Å². The van der Waals surface area contributed by atoms with Crippen molar-refractivity contribution in [1.82, 2.24) is 15.5 Å². The van der Waals surface area contributed by atoms with Crippen molar-refractivity contribution < 1.29 is 14.3 Å². The second kappa shape index (κ2) is 10.7. The van der Waals surface area contributed by atoms with Gasteiger partial charge >= 0.3 is 5.97 Å². The topological polar surface area (TPSA) is 93.2 Å². The van der Waals surface area contributed by atoms with Gasteiger partial charge in [-0.1, -0.05) is 71.1 Å². The highest BCUT2D eigenvalue weighted by Crippen LogP contribution is 2.27. The van der Waals surface area contributed by atoms with Crippen LogP contribution in [0.15, 0.2) is 58.9 Å². The van der Waals surface area contributed by atoms with Crippen molar-refractivity contribution in [3.8, 4) is 0 Å². The van der Waals surface area contributed by atoms with E-state index in [2.05, 4.69) is 20.8 Å². The lowest BCUT2D eigenvalue weighted by Gasteiger charge is -2.16. The maximum atomic E-state index is 12.4. The predicted molar refractivity (Wildman–Crippen MR) is 119 cm³/mol. The first kappa shape index (κ1) is 21.8. The summed E-state index contributed by atoms with van der Waals surface area (Å²) in [5.74, 6) is -0.617. The molecule has 9 heteroatoms. The number of esters is 1. The molecular formula is C21H22N4O3S2. The first-order chi connectivity index (χ1) is 14.5. The van der Waals surface area contributed by atoms with E-state index < -0.39 is 12.0 Å². The highest BCUT2D eigenvalue weighted by atomic mass is 32.2. The van der Waals surface area contributed by atoms with Crippen molar-refractivity contribution in [2.24, 2.45) is 0 Å². The van der Waals surface area contributed by atoms with Crippen molar-refractivity contribution in [3.63, 3.8) is 0 Å². The van der Waals surface area contributed by atoms with Crippen LogP contribution in [0.3, 0.4) is 0 Å². The largest absolute Gasteiger partial charge is 0.467 e. The van der Waals surface area contributed by atoms with Gasteiger partial charge in [0.2, 0.25) is 11.0 Å². The van der Waals surface area contributed by atoms with Crippen LogP contribution in [-0.2, 0) is 20.7 Å². The third-order valence-electron chi connectivity index (χ3n) is 4.14. The summed E-state index contributed by atoms with van der Waals surface area (Å²) < 4.78 is 5.49. The molecule has 7 nitrogen and oxygen atoms in total. The minimum Gasteiger partial charge on any atom is -0.467 e. The lowest BCUT2D eigenvalue weighted by molar-refractivity contribution is -0.144. The molecule has 1 heterocycles. The molecule has 0 fully saturated rings. The third kappa shape index (κ3) is 6.57. The molecule has 0 unspecified atom stereocenters. The van der Waals surface area contributed by atoms with Crippen LogP contribution in [-0.4, -0.2) is 41.0 Å². The lowest BCUT2D eigenvalue weighted by atomic mass is 10.1. The van der Waals surface area contributed by atoms with Gasteiger partial charge in [-0.3, -0.25) is 4.79 Å². The first-order valence-corrected chi connectivity index (χ1v) is 11.0. The van der Waals surface area contributed by atoms with Crippen molar-refractivity contribution in [3.05, 3.63) is 65.7 Å². The Morgan fingerprint density at radius 2 is 1.83 bits per heavy atom. The minimum atomic E-state index is -0.737. The number of nitrogens with one attached hydrogen (secondary N) is 2. The summed E-state index contributed by atoms with van der Waals surface area (Å²) in [5, 5.41) is 14.8. The van der Waals surface area contributed by atoms with Gasteiger partial charge in [-0.05, 0) is 24.6 Å². The van der Waals surface area contributed by atoms with Crippen molar-refractivity contribution in [1.29, 1.82) is 0 Å². The monoisotopic (exact) mass is 442 g/mol. The average molecular weight is 443 g/mol. The molecule has 2 aromatic carbocycles. The van der Waals surface area contributed by atoms with Gasteiger partial charge in [0, 0.05) is 12.1 Å². The number of aromatic nitrogens is 2. The van der Waals surface area contributed by atoms with E-state index in [4.69, 9.17) is 4.74 Å². The average Bonchev–Trinajstić information content (AvgIpc) is 3.21. The Morgan fingerprint density at radius 1 is 1.10 bits per heavy atom. The molecule has 0 aliphatic carbocycles. The number of methoxy groups -OCH3 is 1. The second-order valence-corrected chi connectivity index (χ2v) is 8.69. The van der Waals surface area contributed by atoms with Crippen LogP contribution in [0.1, 0.15) is 11.1 Å². The molecule has 3 rings (SSSR count). The SMILES string of the molecule is COC(=O)[C@@H](Cc1ccccc1)NC(=O)CSc1nnc(Nc2ccc(C)cc2)s1. The van der Waals surface area contributed by atoms with Crippen LogP contribution < -0.4 is 10.6 Å². The van der Waals surface area contributed by atoms with Crippen LogP contribution in [0.5, 0.6) is 0 Å². The summed E-state index contributed by atoms with van der Waals surface area (Å²) in [6.45, 7) is 2.03. The summed E-state index contributed by atoms with van der Waals surface area (Å²) in [5.41, 5.74) is 3.04. The molecule has 2 N–H and O–H groups in total. The quantitative estimate of drug-likeness (QED) is 0.386. The molecule has 0 aliphatic heterocycles. The van der Waals surface area contributed by atoms with E-state index in [9.17, 15) is 9.59 Å². The first-order valence-electron chi connectivity index (χ1n) is 9.24. The number of amides is 1. The number of aryl methyl sites for hydroxylation is 1. The molecule has 3 aromatic rings. The molecule has 0 spiro atoms. The molecule has 156 valence electrons. The Kier molecular flexibility index (Phi) is 7.81. The highest BCUT2D eigenvalue weighted by Gasteiger charge is 2.22. The number of ether oxygens (including phenoxy) is 1. The van der Waals surface area contributed by atoms with E-state index in [1.54, 1.807) is 0 Å². The number of carbonyl (C=O) groups is 2. The number of benzene rings is 2. The lowest BCUT2D eigenvalue weighted by Crippen LogP contribution is -2.43. The third-order valence-corrected chi connectivity index (χ3v) is 6.11. The smallest absolute Gasteiger partial charge is 0.328 e. The molecule has 0 bridgehead atoms. The van der Waals surface area contributed by atoms with Gasteiger partial charge < -0.3 is 15.4 Å². The molecule has 0 saturated carbocycles. The maximum absolute atomic E-state index is 12.4. The molecule has 1 aromatic heterocycles. The zero-order chi connectivity index (χ0) is 21.3. The summed E-state index contributed by atoms with van der Waals surface area (Å²) in [6.07, 6.45) is 0.368. The number of nitrogens with zero attached hydrogens (tertiary/aromatic N) is 2. The van der Waals surface area contributed by atoms with Gasteiger partial charge in [0.1, 0.15) is 6.04 Å².